The van der Waals surface area contributed by atoms with Gasteiger partial charge in [-0.05, 0) is 36.2 Å². The maximum Gasteiger partial charge on any atom is 0.128 e. The zero-order valence-corrected chi connectivity index (χ0v) is 12.6. The minimum absolute atomic E-state index is 0.474. The van der Waals surface area contributed by atoms with Crippen molar-refractivity contribution in [1.82, 2.24) is 4.98 Å². The van der Waals surface area contributed by atoms with Crippen LogP contribution in [0.15, 0.2) is 47.1 Å². The molecule has 1 atom stereocenters. The van der Waals surface area contributed by atoms with Gasteiger partial charge in [0.15, 0.2) is 0 Å². The van der Waals surface area contributed by atoms with Crippen LogP contribution in [0.2, 0.25) is 0 Å². The zero-order chi connectivity index (χ0) is 13.8. The first-order valence-corrected chi connectivity index (χ1v) is 6.95. The number of nitrogens with zero attached hydrogens (tertiary/aromatic N) is 2. The molecular weight excluding hydrogens is 304 g/mol. The highest BCUT2D eigenvalue weighted by Crippen LogP contribution is 2.17. The van der Waals surface area contributed by atoms with Gasteiger partial charge in [0.25, 0.3) is 0 Å². The SMILES string of the molecule is C[C@H](O)c1ccc(N(C)Cc2ccc(Br)cc2)nc1. The Labute approximate surface area is 122 Å². The molecule has 4 heteroatoms. The monoisotopic (exact) mass is 320 g/mol. The summed E-state index contributed by atoms with van der Waals surface area (Å²) in [5.74, 6) is 0.896. The smallest absolute Gasteiger partial charge is 0.128 e. The van der Waals surface area contributed by atoms with Crippen molar-refractivity contribution in [2.45, 2.75) is 19.6 Å². The Morgan fingerprint density at radius 3 is 2.42 bits per heavy atom. The van der Waals surface area contributed by atoms with E-state index in [-0.39, 0.29) is 0 Å². The van der Waals surface area contributed by atoms with Crippen molar-refractivity contribution in [2.24, 2.45) is 0 Å². The normalized spacial score (nSPS) is 12.2. The molecule has 0 spiro atoms. The van der Waals surface area contributed by atoms with E-state index >= 15 is 0 Å². The number of pyridine rings is 1. The van der Waals surface area contributed by atoms with Crippen LogP contribution in [-0.2, 0) is 6.54 Å². The predicted octanol–water partition coefficient (Wildman–Crippen LogP) is 3.53. The summed E-state index contributed by atoms with van der Waals surface area (Å²) in [7, 11) is 2.01. The van der Waals surface area contributed by atoms with E-state index in [9.17, 15) is 5.11 Å². The Hall–Kier alpha value is -1.39. The van der Waals surface area contributed by atoms with Gasteiger partial charge in [-0.2, -0.15) is 0 Å². The number of aliphatic hydroxyl groups is 1. The fourth-order valence-electron chi connectivity index (χ4n) is 1.82. The molecule has 100 valence electrons. The van der Waals surface area contributed by atoms with Crippen LogP contribution in [0, 0.1) is 0 Å². The van der Waals surface area contributed by atoms with E-state index in [0.717, 1.165) is 22.4 Å². The Morgan fingerprint density at radius 2 is 1.89 bits per heavy atom. The number of aliphatic hydroxyl groups excluding tert-OH is 1. The average Bonchev–Trinajstić information content (AvgIpc) is 2.41. The fraction of sp³-hybridized carbons (Fsp3) is 0.267. The molecule has 0 aliphatic heterocycles. The van der Waals surface area contributed by atoms with E-state index in [1.807, 2.05) is 31.3 Å². The van der Waals surface area contributed by atoms with Crippen LogP contribution in [0.1, 0.15) is 24.2 Å². The third kappa shape index (κ3) is 3.78. The summed E-state index contributed by atoms with van der Waals surface area (Å²) in [6.45, 7) is 2.54. The van der Waals surface area contributed by atoms with Crippen LogP contribution in [0.4, 0.5) is 5.82 Å². The standard InChI is InChI=1S/C15H17BrN2O/c1-11(19)13-5-8-15(17-9-13)18(2)10-12-3-6-14(16)7-4-12/h3-9,11,19H,10H2,1-2H3/t11-/m0/s1. The second-order valence-corrected chi connectivity index (χ2v) is 5.52. The second kappa shape index (κ2) is 6.17. The Bertz CT molecular complexity index is 523. The van der Waals surface area contributed by atoms with Gasteiger partial charge in [-0.3, -0.25) is 0 Å². The first kappa shape index (κ1) is 14.0. The second-order valence-electron chi connectivity index (χ2n) is 4.61. The minimum Gasteiger partial charge on any atom is -0.389 e. The van der Waals surface area contributed by atoms with Crippen molar-refractivity contribution >= 4 is 21.7 Å². The molecule has 0 aliphatic rings. The molecule has 0 saturated heterocycles. The van der Waals surface area contributed by atoms with Crippen molar-refractivity contribution in [3.05, 3.63) is 58.2 Å². The van der Waals surface area contributed by atoms with Gasteiger partial charge < -0.3 is 10.0 Å². The van der Waals surface area contributed by atoms with Crippen LogP contribution in [0.25, 0.3) is 0 Å². The summed E-state index contributed by atoms with van der Waals surface area (Å²) in [6, 6.07) is 12.1. The lowest BCUT2D eigenvalue weighted by molar-refractivity contribution is 0.199. The number of anilines is 1. The van der Waals surface area contributed by atoms with Gasteiger partial charge in [0, 0.05) is 24.3 Å². The number of rotatable bonds is 4. The lowest BCUT2D eigenvalue weighted by Crippen LogP contribution is -2.17. The summed E-state index contributed by atoms with van der Waals surface area (Å²) in [4.78, 5) is 6.45. The first-order chi connectivity index (χ1) is 9.06. The van der Waals surface area contributed by atoms with Crippen LogP contribution in [-0.4, -0.2) is 17.1 Å². The molecule has 1 heterocycles. The summed E-state index contributed by atoms with van der Waals surface area (Å²) < 4.78 is 1.08. The first-order valence-electron chi connectivity index (χ1n) is 6.16. The quantitative estimate of drug-likeness (QED) is 0.936. The minimum atomic E-state index is -0.474. The van der Waals surface area contributed by atoms with E-state index in [4.69, 9.17) is 0 Å². The van der Waals surface area contributed by atoms with Gasteiger partial charge >= 0.3 is 0 Å². The molecule has 0 aliphatic carbocycles. The topological polar surface area (TPSA) is 36.4 Å². The van der Waals surface area contributed by atoms with E-state index in [2.05, 4.69) is 37.9 Å². The molecule has 0 amide bonds. The number of benzene rings is 1. The highest BCUT2D eigenvalue weighted by Gasteiger charge is 2.05. The molecule has 1 aromatic heterocycles. The molecule has 2 aromatic rings. The predicted molar refractivity (Wildman–Crippen MR) is 81.1 cm³/mol. The van der Waals surface area contributed by atoms with Crippen LogP contribution < -0.4 is 4.90 Å². The maximum atomic E-state index is 9.46. The molecule has 0 bridgehead atoms. The van der Waals surface area contributed by atoms with Gasteiger partial charge in [0.1, 0.15) is 5.82 Å². The Morgan fingerprint density at radius 1 is 1.21 bits per heavy atom. The average molecular weight is 321 g/mol. The summed E-state index contributed by atoms with van der Waals surface area (Å²) in [5.41, 5.74) is 2.06. The number of aromatic nitrogens is 1. The van der Waals surface area contributed by atoms with Crippen molar-refractivity contribution in [1.29, 1.82) is 0 Å². The molecule has 0 saturated carbocycles. The van der Waals surface area contributed by atoms with Crippen LogP contribution >= 0.6 is 15.9 Å². The lowest BCUT2D eigenvalue weighted by Gasteiger charge is -2.18. The summed E-state index contributed by atoms with van der Waals surface area (Å²) in [5, 5.41) is 9.46. The highest BCUT2D eigenvalue weighted by atomic mass is 79.9. The number of halogens is 1. The molecule has 3 nitrogen and oxygen atoms in total. The van der Waals surface area contributed by atoms with Gasteiger partial charge in [-0.15, -0.1) is 0 Å². The molecule has 0 fully saturated rings. The van der Waals surface area contributed by atoms with E-state index in [1.54, 1.807) is 13.1 Å². The highest BCUT2D eigenvalue weighted by molar-refractivity contribution is 9.10. The fourth-order valence-corrected chi connectivity index (χ4v) is 2.08. The lowest BCUT2D eigenvalue weighted by atomic mass is 10.2. The molecule has 1 N–H and O–H groups in total. The molecule has 0 unspecified atom stereocenters. The van der Waals surface area contributed by atoms with E-state index < -0.39 is 6.10 Å². The Balaban J connectivity index is 2.07. The third-order valence-electron chi connectivity index (χ3n) is 2.98. The zero-order valence-electron chi connectivity index (χ0n) is 11.0. The van der Waals surface area contributed by atoms with Crippen LogP contribution in [0.5, 0.6) is 0 Å². The van der Waals surface area contributed by atoms with Crippen molar-refractivity contribution < 1.29 is 5.11 Å². The van der Waals surface area contributed by atoms with Crippen molar-refractivity contribution in [3.8, 4) is 0 Å². The molecular formula is C15H17BrN2O. The molecule has 19 heavy (non-hydrogen) atoms. The molecule has 0 radical (unpaired) electrons. The van der Waals surface area contributed by atoms with Crippen molar-refractivity contribution in [3.63, 3.8) is 0 Å². The van der Waals surface area contributed by atoms with Crippen molar-refractivity contribution in [2.75, 3.05) is 11.9 Å². The van der Waals surface area contributed by atoms with Gasteiger partial charge in [-0.25, -0.2) is 4.98 Å². The third-order valence-corrected chi connectivity index (χ3v) is 3.51. The van der Waals surface area contributed by atoms with Crippen LogP contribution in [0.3, 0.4) is 0 Å². The van der Waals surface area contributed by atoms with Gasteiger partial charge in [0.05, 0.1) is 6.10 Å². The summed E-state index contributed by atoms with van der Waals surface area (Å²) in [6.07, 6.45) is 1.25. The summed E-state index contributed by atoms with van der Waals surface area (Å²) >= 11 is 3.43. The van der Waals surface area contributed by atoms with E-state index in [0.29, 0.717) is 0 Å². The van der Waals surface area contributed by atoms with Gasteiger partial charge in [0.2, 0.25) is 0 Å². The molecule has 2 rings (SSSR count). The number of hydrogen-bond acceptors (Lipinski definition) is 3. The maximum absolute atomic E-state index is 9.46. The van der Waals surface area contributed by atoms with Gasteiger partial charge in [-0.1, -0.05) is 34.1 Å². The van der Waals surface area contributed by atoms with E-state index in [1.165, 1.54) is 5.56 Å². The Kier molecular flexibility index (Phi) is 4.56. The largest absolute Gasteiger partial charge is 0.389 e. The number of hydrogen-bond donors (Lipinski definition) is 1. The molecule has 1 aromatic carbocycles.